The van der Waals surface area contributed by atoms with E-state index in [1.807, 2.05) is 19.1 Å². The lowest BCUT2D eigenvalue weighted by molar-refractivity contribution is -0.126. The molecule has 1 unspecified atom stereocenters. The molecule has 52 heavy (non-hydrogen) atoms. The minimum atomic E-state index is -0.530. The van der Waals surface area contributed by atoms with Crippen molar-refractivity contribution in [1.82, 2.24) is 21.7 Å². The fourth-order valence-electron chi connectivity index (χ4n) is 6.62. The average molecular weight is 723 g/mol. The number of hydrogen-bond donors (Lipinski definition) is 6. The molecule has 2 aromatic rings. The Morgan fingerprint density at radius 3 is 1.50 bits per heavy atom. The number of aromatic hydroxyl groups is 2. The SMILES string of the molecule is CCCCCCCCc1cccc(O)c1C(=O)NNC(=O)CCCCCCC(CCC)C(=O)NNC(=O)c1c(O)cccc1CCCCCCCC. The van der Waals surface area contributed by atoms with Gasteiger partial charge in [0.15, 0.2) is 0 Å². The van der Waals surface area contributed by atoms with E-state index in [1.54, 1.807) is 12.1 Å². The molecule has 10 nitrogen and oxygen atoms in total. The van der Waals surface area contributed by atoms with Crippen LogP contribution in [0.25, 0.3) is 0 Å². The summed E-state index contributed by atoms with van der Waals surface area (Å²) in [6.45, 7) is 6.38. The molecule has 0 aliphatic rings. The predicted octanol–water partition coefficient (Wildman–Crippen LogP) is 8.88. The van der Waals surface area contributed by atoms with Gasteiger partial charge in [0.2, 0.25) is 11.8 Å². The number of benzene rings is 2. The van der Waals surface area contributed by atoms with Crippen molar-refractivity contribution < 1.29 is 29.4 Å². The van der Waals surface area contributed by atoms with Crippen LogP contribution in [0.3, 0.4) is 0 Å². The number of rotatable bonds is 26. The van der Waals surface area contributed by atoms with Crippen LogP contribution in [-0.4, -0.2) is 33.8 Å². The molecule has 0 saturated carbocycles. The summed E-state index contributed by atoms with van der Waals surface area (Å²) in [6, 6.07) is 10.1. The molecule has 0 saturated heterocycles. The van der Waals surface area contributed by atoms with Crippen molar-refractivity contribution in [3.63, 3.8) is 0 Å². The minimum absolute atomic E-state index is 0.0974. The first-order valence-corrected chi connectivity index (χ1v) is 20.0. The van der Waals surface area contributed by atoms with Crippen LogP contribution in [0.1, 0.15) is 181 Å². The van der Waals surface area contributed by atoms with Crippen molar-refractivity contribution in [2.24, 2.45) is 5.92 Å². The Morgan fingerprint density at radius 2 is 0.981 bits per heavy atom. The molecule has 0 aromatic heterocycles. The van der Waals surface area contributed by atoms with Crippen molar-refractivity contribution in [3.05, 3.63) is 58.7 Å². The molecule has 0 radical (unpaired) electrons. The Bertz CT molecular complexity index is 1360. The molecule has 10 heteroatoms. The van der Waals surface area contributed by atoms with E-state index in [4.69, 9.17) is 0 Å². The van der Waals surface area contributed by atoms with Crippen molar-refractivity contribution in [2.45, 2.75) is 162 Å². The highest BCUT2D eigenvalue weighted by Gasteiger charge is 2.21. The molecule has 0 bridgehead atoms. The molecule has 4 amide bonds. The summed E-state index contributed by atoms with van der Waals surface area (Å²) in [6.07, 6.45) is 20.3. The van der Waals surface area contributed by atoms with Crippen LogP contribution < -0.4 is 21.7 Å². The van der Waals surface area contributed by atoms with Crippen LogP contribution in [0, 0.1) is 5.92 Å². The second-order valence-corrected chi connectivity index (χ2v) is 14.0. The first-order valence-electron chi connectivity index (χ1n) is 20.0. The van der Waals surface area contributed by atoms with Gasteiger partial charge in [-0.3, -0.25) is 40.9 Å². The molecule has 2 rings (SSSR count). The third kappa shape index (κ3) is 17.0. The van der Waals surface area contributed by atoms with E-state index in [0.717, 1.165) is 75.3 Å². The highest BCUT2D eigenvalue weighted by atomic mass is 16.3. The Kier molecular flexibility index (Phi) is 22.6. The third-order valence-electron chi connectivity index (χ3n) is 9.64. The quantitative estimate of drug-likeness (QED) is 0.0421. The molecule has 0 spiro atoms. The molecule has 290 valence electrons. The lowest BCUT2D eigenvalue weighted by atomic mass is 9.95. The van der Waals surface area contributed by atoms with Crippen molar-refractivity contribution in [2.75, 3.05) is 0 Å². The first-order chi connectivity index (χ1) is 25.2. The van der Waals surface area contributed by atoms with Gasteiger partial charge in [0, 0.05) is 12.3 Å². The smallest absolute Gasteiger partial charge is 0.273 e. The normalized spacial score (nSPS) is 11.5. The summed E-state index contributed by atoms with van der Waals surface area (Å²) in [5, 5.41) is 20.8. The number of hydrogen-bond acceptors (Lipinski definition) is 6. The highest BCUT2D eigenvalue weighted by Crippen LogP contribution is 2.25. The number of aryl methyl sites for hydroxylation is 2. The molecule has 0 aliphatic heterocycles. The monoisotopic (exact) mass is 722 g/mol. The first kappa shape index (κ1) is 44.1. The van der Waals surface area contributed by atoms with Gasteiger partial charge >= 0.3 is 0 Å². The number of phenols is 2. The molecule has 6 N–H and O–H groups in total. The minimum Gasteiger partial charge on any atom is -0.507 e. The van der Waals surface area contributed by atoms with E-state index in [1.165, 1.54) is 50.7 Å². The molecule has 1 atom stereocenters. The summed E-state index contributed by atoms with van der Waals surface area (Å²) in [7, 11) is 0. The molecule has 2 aromatic carbocycles. The zero-order chi connectivity index (χ0) is 38.0. The van der Waals surface area contributed by atoms with Crippen molar-refractivity contribution >= 4 is 23.6 Å². The van der Waals surface area contributed by atoms with E-state index in [9.17, 15) is 29.4 Å². The number of hydrazine groups is 2. The predicted molar refractivity (Wildman–Crippen MR) is 208 cm³/mol. The lowest BCUT2D eigenvalue weighted by Crippen LogP contribution is -2.44. The summed E-state index contributed by atoms with van der Waals surface area (Å²) in [4.78, 5) is 51.4. The standard InChI is InChI=1S/C42H66N4O6/c1-4-7-9-11-13-17-24-32-27-21-29-35(47)38(32)41(51)45-43-37(49)31-20-16-15-19-26-34(23-6-3)40(50)44-46-42(52)39-33(28-22-30-36(39)48)25-18-14-12-10-8-5-2/h21-22,27-30,34,47-48H,4-20,23-26,31H2,1-3H3,(H,43,49)(H,44,50)(H,45,51)(H,46,52). The largest absolute Gasteiger partial charge is 0.507 e. The fraction of sp³-hybridized carbons (Fsp3) is 0.619. The van der Waals surface area contributed by atoms with Gasteiger partial charge in [-0.1, -0.05) is 135 Å². The maximum Gasteiger partial charge on any atom is 0.273 e. The van der Waals surface area contributed by atoms with Crippen LogP contribution in [0.15, 0.2) is 36.4 Å². The van der Waals surface area contributed by atoms with Crippen LogP contribution in [0.2, 0.25) is 0 Å². The van der Waals surface area contributed by atoms with Gasteiger partial charge in [-0.2, -0.15) is 0 Å². The number of amides is 4. The van der Waals surface area contributed by atoms with Crippen molar-refractivity contribution in [1.29, 1.82) is 0 Å². The number of nitrogens with one attached hydrogen (secondary N) is 4. The Morgan fingerprint density at radius 1 is 0.519 bits per heavy atom. The molecule has 0 heterocycles. The van der Waals surface area contributed by atoms with E-state index in [-0.39, 0.29) is 46.8 Å². The van der Waals surface area contributed by atoms with Gasteiger partial charge in [0.25, 0.3) is 11.8 Å². The molecular formula is C42H66N4O6. The van der Waals surface area contributed by atoms with Gasteiger partial charge < -0.3 is 10.2 Å². The Hall–Kier alpha value is -4.08. The van der Waals surface area contributed by atoms with E-state index in [2.05, 4.69) is 35.6 Å². The maximum absolute atomic E-state index is 13.0. The van der Waals surface area contributed by atoms with Gasteiger partial charge in [0.05, 0.1) is 11.1 Å². The zero-order valence-electron chi connectivity index (χ0n) is 32.1. The van der Waals surface area contributed by atoms with Gasteiger partial charge in [-0.05, 0) is 68.2 Å². The summed E-state index contributed by atoms with van der Waals surface area (Å²) in [5.74, 6) is -2.07. The number of carbonyl (C=O) groups is 4. The summed E-state index contributed by atoms with van der Waals surface area (Å²) < 4.78 is 0. The van der Waals surface area contributed by atoms with Crippen molar-refractivity contribution in [3.8, 4) is 11.5 Å². The number of carbonyl (C=O) groups excluding carboxylic acids is 4. The lowest BCUT2D eigenvalue weighted by Gasteiger charge is -2.17. The molecular weight excluding hydrogens is 656 g/mol. The number of phenolic OH excluding ortho intramolecular Hbond substituents is 2. The Balaban J connectivity index is 1.72. The fourth-order valence-corrected chi connectivity index (χ4v) is 6.62. The Labute approximate surface area is 312 Å². The molecule has 0 fully saturated rings. The van der Waals surface area contributed by atoms with Gasteiger partial charge in [0.1, 0.15) is 11.5 Å². The van der Waals surface area contributed by atoms with Crippen LogP contribution in [0.5, 0.6) is 11.5 Å². The van der Waals surface area contributed by atoms with E-state index in [0.29, 0.717) is 32.1 Å². The van der Waals surface area contributed by atoms with Crippen LogP contribution in [0.4, 0.5) is 0 Å². The van der Waals surface area contributed by atoms with Crippen LogP contribution >= 0.6 is 0 Å². The van der Waals surface area contributed by atoms with Gasteiger partial charge in [-0.25, -0.2) is 0 Å². The van der Waals surface area contributed by atoms with E-state index < -0.39 is 11.8 Å². The van der Waals surface area contributed by atoms with E-state index >= 15 is 0 Å². The summed E-state index contributed by atoms with van der Waals surface area (Å²) in [5.41, 5.74) is 12.0. The maximum atomic E-state index is 13.0. The summed E-state index contributed by atoms with van der Waals surface area (Å²) >= 11 is 0. The second-order valence-electron chi connectivity index (χ2n) is 14.0. The second kappa shape index (κ2) is 26.7. The third-order valence-corrected chi connectivity index (χ3v) is 9.64. The highest BCUT2D eigenvalue weighted by molar-refractivity contribution is 6.00. The van der Waals surface area contributed by atoms with Crippen LogP contribution in [-0.2, 0) is 22.4 Å². The topological polar surface area (TPSA) is 157 Å². The average Bonchev–Trinajstić information content (AvgIpc) is 3.13. The zero-order valence-corrected chi connectivity index (χ0v) is 32.1. The molecule has 0 aliphatic carbocycles. The number of unbranched alkanes of at least 4 members (excludes halogenated alkanes) is 13. The van der Waals surface area contributed by atoms with Gasteiger partial charge in [-0.15, -0.1) is 0 Å².